The standard InChI is InChI=1S/C19H18ClN5O4S2/c1-30(26,27)19-14-4-6-21-9-17(14)24(23-19)10-18-22-15-8-12(20)2-3-16(15)25(18)13-5-7-31(28,29)11-13/h2-4,6,8-9,13H,5,7,10-11H2,1H3/t13-/m1/s1. The molecular formula is C19H18ClN5O4S2. The molecule has 0 spiro atoms. The molecule has 1 aromatic carbocycles. The summed E-state index contributed by atoms with van der Waals surface area (Å²) in [4.78, 5) is 8.80. The molecule has 4 heterocycles. The molecule has 1 fully saturated rings. The molecule has 1 aliphatic rings. The molecule has 0 unspecified atom stereocenters. The molecule has 0 aliphatic carbocycles. The lowest BCUT2D eigenvalue weighted by Gasteiger charge is -2.15. The molecule has 12 heteroatoms. The second-order valence-corrected chi connectivity index (χ2v) is 12.3. The fraction of sp³-hybridized carbons (Fsp3) is 0.316. The van der Waals surface area contributed by atoms with Gasteiger partial charge in [0.15, 0.2) is 24.7 Å². The second-order valence-electron chi connectivity index (χ2n) is 7.72. The van der Waals surface area contributed by atoms with Crippen molar-refractivity contribution in [2.75, 3.05) is 17.8 Å². The first-order chi connectivity index (χ1) is 14.6. The van der Waals surface area contributed by atoms with Gasteiger partial charge < -0.3 is 4.57 Å². The van der Waals surface area contributed by atoms with Gasteiger partial charge in [-0.05, 0) is 30.7 Å². The molecule has 1 atom stereocenters. The van der Waals surface area contributed by atoms with Gasteiger partial charge in [-0.3, -0.25) is 9.67 Å². The molecule has 0 radical (unpaired) electrons. The highest BCUT2D eigenvalue weighted by Crippen LogP contribution is 2.31. The summed E-state index contributed by atoms with van der Waals surface area (Å²) < 4.78 is 52.2. The Hall–Kier alpha value is -2.50. The fourth-order valence-corrected chi connectivity index (χ4v) is 6.82. The number of nitrogens with zero attached hydrogens (tertiary/aromatic N) is 5. The van der Waals surface area contributed by atoms with Gasteiger partial charge in [0.25, 0.3) is 0 Å². The van der Waals surface area contributed by atoms with Crippen LogP contribution in [-0.4, -0.2) is 58.9 Å². The van der Waals surface area contributed by atoms with E-state index in [2.05, 4.69) is 10.1 Å². The molecular weight excluding hydrogens is 462 g/mol. The quantitative estimate of drug-likeness (QED) is 0.440. The van der Waals surface area contributed by atoms with Gasteiger partial charge in [0.05, 0.1) is 46.8 Å². The highest BCUT2D eigenvalue weighted by molar-refractivity contribution is 7.91. The first-order valence-electron chi connectivity index (χ1n) is 9.50. The van der Waals surface area contributed by atoms with Crippen LogP contribution in [-0.2, 0) is 26.2 Å². The van der Waals surface area contributed by atoms with E-state index in [9.17, 15) is 16.8 Å². The zero-order valence-electron chi connectivity index (χ0n) is 16.4. The van der Waals surface area contributed by atoms with Crippen LogP contribution in [0.2, 0.25) is 5.02 Å². The Morgan fingerprint density at radius 3 is 2.74 bits per heavy atom. The monoisotopic (exact) mass is 479 g/mol. The van der Waals surface area contributed by atoms with Crippen molar-refractivity contribution < 1.29 is 16.8 Å². The maximum absolute atomic E-state index is 12.2. The summed E-state index contributed by atoms with van der Waals surface area (Å²) in [5, 5.41) is 5.30. The van der Waals surface area contributed by atoms with E-state index in [1.165, 1.54) is 6.20 Å². The van der Waals surface area contributed by atoms with Crippen LogP contribution in [0.25, 0.3) is 21.9 Å². The maximum Gasteiger partial charge on any atom is 0.195 e. The van der Waals surface area contributed by atoms with Crippen molar-refractivity contribution in [3.63, 3.8) is 0 Å². The van der Waals surface area contributed by atoms with Crippen molar-refractivity contribution in [1.82, 2.24) is 24.3 Å². The van der Waals surface area contributed by atoms with Gasteiger partial charge in [-0.25, -0.2) is 21.8 Å². The molecule has 0 bridgehead atoms. The Labute approximate surface area is 183 Å². The highest BCUT2D eigenvalue weighted by Gasteiger charge is 2.32. The van der Waals surface area contributed by atoms with Gasteiger partial charge in [-0.15, -0.1) is 0 Å². The summed E-state index contributed by atoms with van der Waals surface area (Å²) in [6.07, 6.45) is 4.67. The van der Waals surface area contributed by atoms with E-state index in [0.29, 0.717) is 33.7 Å². The van der Waals surface area contributed by atoms with Gasteiger partial charge in [-0.1, -0.05) is 11.6 Å². The van der Waals surface area contributed by atoms with Crippen molar-refractivity contribution >= 4 is 53.2 Å². The van der Waals surface area contributed by atoms with Crippen molar-refractivity contribution in [3.05, 3.63) is 47.5 Å². The third kappa shape index (κ3) is 3.60. The number of pyridine rings is 1. The van der Waals surface area contributed by atoms with E-state index in [1.54, 1.807) is 29.1 Å². The van der Waals surface area contributed by atoms with E-state index in [1.807, 2.05) is 10.6 Å². The zero-order valence-corrected chi connectivity index (χ0v) is 18.8. The van der Waals surface area contributed by atoms with Crippen LogP contribution in [0.15, 0.2) is 41.7 Å². The van der Waals surface area contributed by atoms with Gasteiger partial charge in [0.1, 0.15) is 5.82 Å². The first kappa shape index (κ1) is 20.4. The van der Waals surface area contributed by atoms with Crippen LogP contribution in [0.3, 0.4) is 0 Å². The zero-order chi connectivity index (χ0) is 22.0. The molecule has 162 valence electrons. The summed E-state index contributed by atoms with van der Waals surface area (Å²) in [6, 6.07) is 6.64. The Kier molecular flexibility index (Phi) is 4.61. The smallest absolute Gasteiger partial charge is 0.195 e. The lowest BCUT2D eigenvalue weighted by molar-refractivity contribution is 0.523. The third-order valence-electron chi connectivity index (χ3n) is 5.46. The molecule has 31 heavy (non-hydrogen) atoms. The number of benzene rings is 1. The lowest BCUT2D eigenvalue weighted by atomic mass is 10.2. The summed E-state index contributed by atoms with van der Waals surface area (Å²) in [7, 11) is -6.68. The number of hydrogen-bond acceptors (Lipinski definition) is 7. The molecule has 0 saturated carbocycles. The summed E-state index contributed by atoms with van der Waals surface area (Å²) >= 11 is 6.14. The van der Waals surface area contributed by atoms with E-state index in [0.717, 1.165) is 11.8 Å². The molecule has 9 nitrogen and oxygen atoms in total. The van der Waals surface area contributed by atoms with Crippen molar-refractivity contribution in [2.45, 2.75) is 24.0 Å². The Bertz CT molecular complexity index is 1560. The predicted molar refractivity (Wildman–Crippen MR) is 117 cm³/mol. The minimum Gasteiger partial charge on any atom is -0.322 e. The predicted octanol–water partition coefficient (Wildman–Crippen LogP) is 2.25. The first-order valence-corrected chi connectivity index (χ1v) is 13.6. The van der Waals surface area contributed by atoms with Crippen LogP contribution in [0, 0.1) is 0 Å². The minimum atomic E-state index is -3.56. The minimum absolute atomic E-state index is 0.0287. The van der Waals surface area contributed by atoms with E-state index in [-0.39, 0.29) is 29.1 Å². The van der Waals surface area contributed by atoms with E-state index >= 15 is 0 Å². The summed E-state index contributed by atoms with van der Waals surface area (Å²) in [6.45, 7) is 0.153. The molecule has 3 aromatic heterocycles. The SMILES string of the molecule is CS(=O)(=O)c1nn(Cc2nc3cc(Cl)ccc3n2[C@@H]2CCS(=O)(=O)C2)c2cnccc12. The Balaban J connectivity index is 1.69. The normalized spacial score (nSPS) is 18.8. The lowest BCUT2D eigenvalue weighted by Crippen LogP contribution is -2.16. The van der Waals surface area contributed by atoms with Gasteiger partial charge in [0.2, 0.25) is 0 Å². The Morgan fingerprint density at radius 2 is 2.03 bits per heavy atom. The van der Waals surface area contributed by atoms with Gasteiger partial charge in [0, 0.05) is 22.9 Å². The average molecular weight is 480 g/mol. The number of halogens is 1. The average Bonchev–Trinajstić information content (AvgIpc) is 3.34. The van der Waals surface area contributed by atoms with Crippen LogP contribution in [0.4, 0.5) is 0 Å². The molecule has 5 rings (SSSR count). The van der Waals surface area contributed by atoms with Crippen LogP contribution in [0.1, 0.15) is 18.3 Å². The number of aromatic nitrogens is 5. The molecule has 0 amide bonds. The van der Waals surface area contributed by atoms with Gasteiger partial charge in [-0.2, -0.15) is 5.10 Å². The molecule has 0 N–H and O–H groups in total. The van der Waals surface area contributed by atoms with E-state index < -0.39 is 19.7 Å². The van der Waals surface area contributed by atoms with Crippen molar-refractivity contribution in [1.29, 1.82) is 0 Å². The number of rotatable bonds is 4. The van der Waals surface area contributed by atoms with Crippen molar-refractivity contribution in [2.24, 2.45) is 0 Å². The maximum atomic E-state index is 12.2. The van der Waals surface area contributed by atoms with Gasteiger partial charge >= 0.3 is 0 Å². The number of sulfone groups is 2. The highest BCUT2D eigenvalue weighted by atomic mass is 35.5. The van der Waals surface area contributed by atoms with Crippen LogP contribution in [0.5, 0.6) is 0 Å². The summed E-state index contributed by atoms with van der Waals surface area (Å²) in [5.41, 5.74) is 1.97. The fourth-order valence-electron chi connectivity index (χ4n) is 4.14. The van der Waals surface area contributed by atoms with Crippen molar-refractivity contribution in [3.8, 4) is 0 Å². The molecule has 1 aliphatic heterocycles. The van der Waals surface area contributed by atoms with Crippen LogP contribution >= 0.6 is 11.6 Å². The number of imidazole rings is 1. The third-order valence-corrected chi connectivity index (χ3v) is 8.45. The number of fused-ring (bicyclic) bond motifs is 2. The summed E-state index contributed by atoms with van der Waals surface area (Å²) in [5.74, 6) is 0.731. The molecule has 1 saturated heterocycles. The Morgan fingerprint density at radius 1 is 1.23 bits per heavy atom. The second kappa shape index (κ2) is 7.01. The number of hydrogen-bond donors (Lipinski definition) is 0. The van der Waals surface area contributed by atoms with E-state index in [4.69, 9.17) is 16.6 Å². The largest absolute Gasteiger partial charge is 0.322 e. The van der Waals surface area contributed by atoms with Crippen LogP contribution < -0.4 is 0 Å². The molecule has 4 aromatic rings. The topological polar surface area (TPSA) is 117 Å².